The molecule has 3 rings (SSSR count). The first-order valence-electron chi connectivity index (χ1n) is 8.90. The van der Waals surface area contributed by atoms with E-state index in [1.165, 1.54) is 16.6 Å². The molecule has 0 saturated heterocycles. The summed E-state index contributed by atoms with van der Waals surface area (Å²) in [7, 11) is 0. The van der Waals surface area contributed by atoms with Crippen molar-refractivity contribution in [3.05, 3.63) is 58.3 Å². The van der Waals surface area contributed by atoms with E-state index in [0.717, 1.165) is 24.2 Å². The Balaban J connectivity index is 1.70. The first kappa shape index (κ1) is 20.6. The molecule has 28 heavy (non-hydrogen) atoms. The van der Waals surface area contributed by atoms with E-state index < -0.39 is 0 Å². The van der Waals surface area contributed by atoms with Crippen LogP contribution < -0.4 is 5.32 Å². The lowest BCUT2D eigenvalue weighted by atomic mass is 10.2. The number of carbonyl (C=O) groups is 1. The number of aromatic nitrogens is 3. The molecule has 0 saturated carbocycles. The number of nitrogens with zero attached hydrogens (tertiary/aromatic N) is 3. The van der Waals surface area contributed by atoms with E-state index in [4.69, 9.17) is 11.6 Å². The average molecular weight is 433 g/mol. The summed E-state index contributed by atoms with van der Waals surface area (Å²) in [5.41, 5.74) is 1.73. The first-order chi connectivity index (χ1) is 13.6. The Hall–Kier alpha value is -2.09. The lowest BCUT2D eigenvalue weighted by molar-refractivity contribution is -0.113. The van der Waals surface area contributed by atoms with Crippen molar-refractivity contribution in [1.29, 1.82) is 0 Å². The van der Waals surface area contributed by atoms with Gasteiger partial charge in [-0.05, 0) is 30.7 Å². The number of thioether (sulfide) groups is 1. The van der Waals surface area contributed by atoms with Crippen molar-refractivity contribution in [2.75, 3.05) is 11.1 Å². The molecule has 0 aliphatic rings. The van der Waals surface area contributed by atoms with Crippen molar-refractivity contribution in [2.24, 2.45) is 0 Å². The van der Waals surface area contributed by atoms with Crippen LogP contribution in [0.4, 0.5) is 5.69 Å². The number of rotatable bonds is 9. The number of aryl methyl sites for hydroxylation is 1. The Morgan fingerprint density at radius 1 is 1.39 bits per heavy atom. The average Bonchev–Trinajstić information content (AvgIpc) is 3.28. The van der Waals surface area contributed by atoms with Crippen molar-refractivity contribution in [3.63, 3.8) is 0 Å². The molecule has 0 aliphatic heterocycles. The lowest BCUT2D eigenvalue weighted by Crippen LogP contribution is -2.14. The largest absolute Gasteiger partial charge is 0.325 e. The van der Waals surface area contributed by atoms with E-state index in [2.05, 4.69) is 40.5 Å². The van der Waals surface area contributed by atoms with Crippen LogP contribution in [-0.2, 0) is 17.8 Å². The van der Waals surface area contributed by atoms with Gasteiger partial charge < -0.3 is 5.32 Å². The van der Waals surface area contributed by atoms with E-state index in [0.29, 0.717) is 22.4 Å². The van der Waals surface area contributed by atoms with Gasteiger partial charge in [0.1, 0.15) is 0 Å². The van der Waals surface area contributed by atoms with Gasteiger partial charge in [0.05, 0.1) is 5.75 Å². The highest BCUT2D eigenvalue weighted by molar-refractivity contribution is 7.99. The predicted molar refractivity (Wildman–Crippen MR) is 118 cm³/mol. The molecule has 5 nitrogen and oxygen atoms in total. The van der Waals surface area contributed by atoms with Crippen molar-refractivity contribution < 1.29 is 4.79 Å². The third-order valence-corrected chi connectivity index (χ3v) is 6.08. The number of halogens is 1. The maximum atomic E-state index is 12.3. The molecule has 0 radical (unpaired) electrons. The fourth-order valence-electron chi connectivity index (χ4n) is 2.67. The van der Waals surface area contributed by atoms with Crippen LogP contribution in [0, 0.1) is 0 Å². The zero-order valence-corrected chi connectivity index (χ0v) is 17.9. The summed E-state index contributed by atoms with van der Waals surface area (Å²) in [4.78, 5) is 13.6. The van der Waals surface area contributed by atoms with Gasteiger partial charge >= 0.3 is 0 Å². The number of allylic oxidation sites excluding steroid dienone is 1. The quantitative estimate of drug-likeness (QED) is 0.356. The third kappa shape index (κ3) is 5.25. The maximum Gasteiger partial charge on any atom is 0.234 e. The zero-order valence-electron chi connectivity index (χ0n) is 15.5. The fraction of sp³-hybridized carbons (Fsp3) is 0.250. The number of hydrogen-bond acceptors (Lipinski definition) is 5. The van der Waals surface area contributed by atoms with Gasteiger partial charge in [0, 0.05) is 33.1 Å². The Morgan fingerprint density at radius 2 is 2.25 bits per heavy atom. The van der Waals surface area contributed by atoms with Crippen LogP contribution in [0.2, 0.25) is 5.02 Å². The Bertz CT molecular complexity index is 967. The van der Waals surface area contributed by atoms with Gasteiger partial charge in [-0.1, -0.05) is 48.8 Å². The van der Waals surface area contributed by atoms with Crippen LogP contribution in [0.5, 0.6) is 0 Å². The zero-order chi connectivity index (χ0) is 19.9. The first-order valence-corrected chi connectivity index (χ1v) is 11.1. The molecular weight excluding hydrogens is 412 g/mol. The van der Waals surface area contributed by atoms with E-state index >= 15 is 0 Å². The molecule has 0 atom stereocenters. The van der Waals surface area contributed by atoms with Crippen LogP contribution in [0.1, 0.15) is 18.2 Å². The smallest absolute Gasteiger partial charge is 0.234 e. The SMILES string of the molecule is C=CCn1c(SCC(=O)Nc2cccc(Cl)c2)nnc1-c1csc(CCC)c1. The minimum absolute atomic E-state index is 0.122. The number of thiophene rings is 1. The summed E-state index contributed by atoms with van der Waals surface area (Å²) in [5.74, 6) is 0.908. The maximum absolute atomic E-state index is 12.3. The molecule has 0 unspecified atom stereocenters. The van der Waals surface area contributed by atoms with Gasteiger partial charge in [-0.15, -0.1) is 28.1 Å². The number of benzene rings is 1. The van der Waals surface area contributed by atoms with Gasteiger partial charge in [0.2, 0.25) is 5.91 Å². The number of hydrogen-bond donors (Lipinski definition) is 1. The summed E-state index contributed by atoms with van der Waals surface area (Å²) in [6.07, 6.45) is 3.98. The summed E-state index contributed by atoms with van der Waals surface area (Å²) >= 11 is 9.04. The normalized spacial score (nSPS) is 10.8. The topological polar surface area (TPSA) is 59.8 Å². The van der Waals surface area contributed by atoms with Crippen LogP contribution in [0.15, 0.2) is 53.5 Å². The molecule has 0 bridgehead atoms. The fourth-order valence-corrected chi connectivity index (χ4v) is 4.58. The summed E-state index contributed by atoms with van der Waals surface area (Å²) in [5, 5.41) is 14.9. The third-order valence-electron chi connectivity index (χ3n) is 3.88. The second-order valence-electron chi connectivity index (χ2n) is 6.10. The van der Waals surface area contributed by atoms with Crippen LogP contribution in [-0.4, -0.2) is 26.4 Å². The van der Waals surface area contributed by atoms with Crippen molar-refractivity contribution in [2.45, 2.75) is 31.5 Å². The van der Waals surface area contributed by atoms with Gasteiger partial charge in [-0.2, -0.15) is 0 Å². The monoisotopic (exact) mass is 432 g/mol. The van der Waals surface area contributed by atoms with Crippen LogP contribution in [0.3, 0.4) is 0 Å². The number of anilines is 1. The standard InChI is InChI=1S/C20H21ClN4OS2/c1-3-6-17-10-14(12-27-17)19-23-24-20(25(19)9-4-2)28-13-18(26)22-16-8-5-7-15(21)11-16/h4-5,7-8,10-12H,2-3,6,9,13H2,1H3,(H,22,26). The van der Waals surface area contributed by atoms with E-state index in [1.54, 1.807) is 35.6 Å². The van der Waals surface area contributed by atoms with Gasteiger partial charge in [0.25, 0.3) is 0 Å². The summed E-state index contributed by atoms with van der Waals surface area (Å²) < 4.78 is 1.99. The highest BCUT2D eigenvalue weighted by atomic mass is 35.5. The second-order valence-corrected chi connectivity index (χ2v) is 8.48. The number of nitrogens with one attached hydrogen (secondary N) is 1. The summed E-state index contributed by atoms with van der Waals surface area (Å²) in [6, 6.07) is 9.25. The molecule has 0 fully saturated rings. The van der Waals surface area contributed by atoms with Crippen LogP contribution >= 0.6 is 34.7 Å². The Morgan fingerprint density at radius 3 is 3.00 bits per heavy atom. The molecule has 1 amide bonds. The molecular formula is C20H21ClN4OS2. The lowest BCUT2D eigenvalue weighted by Gasteiger charge is -2.07. The van der Waals surface area contributed by atoms with Gasteiger partial charge in [-0.3, -0.25) is 9.36 Å². The Kier molecular flexibility index (Phi) is 7.30. The minimum atomic E-state index is -0.122. The second kappa shape index (κ2) is 9.91. The number of carbonyl (C=O) groups excluding carboxylic acids is 1. The Labute approximate surface area is 177 Å². The molecule has 3 aromatic rings. The summed E-state index contributed by atoms with van der Waals surface area (Å²) in [6.45, 7) is 6.58. The van der Waals surface area contributed by atoms with Crippen molar-refractivity contribution in [1.82, 2.24) is 14.8 Å². The van der Waals surface area contributed by atoms with Crippen molar-refractivity contribution >= 4 is 46.3 Å². The van der Waals surface area contributed by atoms with Gasteiger partial charge in [-0.25, -0.2) is 0 Å². The van der Waals surface area contributed by atoms with Crippen LogP contribution in [0.25, 0.3) is 11.4 Å². The molecule has 1 aromatic carbocycles. The minimum Gasteiger partial charge on any atom is -0.325 e. The molecule has 2 heterocycles. The van der Waals surface area contributed by atoms with E-state index in [9.17, 15) is 4.79 Å². The number of amides is 1. The molecule has 8 heteroatoms. The molecule has 1 N–H and O–H groups in total. The molecule has 0 spiro atoms. The van der Waals surface area contributed by atoms with Gasteiger partial charge in [0.15, 0.2) is 11.0 Å². The molecule has 2 aromatic heterocycles. The van der Waals surface area contributed by atoms with Crippen molar-refractivity contribution in [3.8, 4) is 11.4 Å². The van der Waals surface area contributed by atoms with E-state index in [1.807, 2.05) is 10.6 Å². The van der Waals surface area contributed by atoms with E-state index in [-0.39, 0.29) is 11.7 Å². The highest BCUT2D eigenvalue weighted by Gasteiger charge is 2.16. The highest BCUT2D eigenvalue weighted by Crippen LogP contribution is 2.28. The molecule has 0 aliphatic carbocycles. The molecule has 146 valence electrons. The predicted octanol–water partition coefficient (Wildman–Crippen LogP) is 5.53.